The van der Waals surface area contributed by atoms with Gasteiger partial charge in [-0.1, -0.05) is 6.42 Å². The standard InChI is InChI=1S/C18H28N2O3/c1-21-14-6-7-18(22-2)13(10-14)11-20-16-5-3-4-15(16)17-12-23-9-8-19-17/h6-7,10,15-17,19-20H,3-5,8-9,11-12H2,1-2H3. The maximum Gasteiger partial charge on any atom is 0.123 e. The van der Waals surface area contributed by atoms with E-state index in [1.165, 1.54) is 19.3 Å². The number of hydrogen-bond acceptors (Lipinski definition) is 5. The average Bonchev–Trinajstić information content (AvgIpc) is 3.09. The molecule has 0 radical (unpaired) electrons. The van der Waals surface area contributed by atoms with Gasteiger partial charge in [0.05, 0.1) is 27.4 Å². The molecule has 1 saturated carbocycles. The van der Waals surface area contributed by atoms with Crippen LogP contribution in [0.2, 0.25) is 0 Å². The fourth-order valence-corrected chi connectivity index (χ4v) is 3.85. The van der Waals surface area contributed by atoms with Gasteiger partial charge >= 0.3 is 0 Å². The molecule has 1 aromatic rings. The summed E-state index contributed by atoms with van der Waals surface area (Å²) in [6.07, 6.45) is 3.79. The molecule has 2 N–H and O–H groups in total. The van der Waals surface area contributed by atoms with E-state index in [2.05, 4.69) is 16.7 Å². The zero-order valence-corrected chi connectivity index (χ0v) is 14.1. The van der Waals surface area contributed by atoms with Crippen molar-refractivity contribution in [3.63, 3.8) is 0 Å². The summed E-state index contributed by atoms with van der Waals surface area (Å²) in [6.45, 7) is 3.44. The molecule has 3 unspecified atom stereocenters. The first-order chi connectivity index (χ1) is 11.3. The summed E-state index contributed by atoms with van der Waals surface area (Å²) < 4.78 is 16.5. The number of hydrogen-bond donors (Lipinski definition) is 2. The molecule has 0 bridgehead atoms. The summed E-state index contributed by atoms with van der Waals surface area (Å²) in [5.41, 5.74) is 1.14. The van der Waals surface area contributed by atoms with Crippen LogP contribution in [0.25, 0.3) is 0 Å². The second-order valence-electron chi connectivity index (χ2n) is 6.40. The van der Waals surface area contributed by atoms with Gasteiger partial charge in [-0.05, 0) is 37.0 Å². The summed E-state index contributed by atoms with van der Waals surface area (Å²) in [5, 5.41) is 7.36. The Morgan fingerprint density at radius 1 is 1.26 bits per heavy atom. The maximum absolute atomic E-state index is 5.65. The van der Waals surface area contributed by atoms with E-state index in [0.717, 1.165) is 43.4 Å². The van der Waals surface area contributed by atoms with Crippen LogP contribution in [0.15, 0.2) is 18.2 Å². The zero-order valence-electron chi connectivity index (χ0n) is 14.1. The first kappa shape index (κ1) is 16.6. The lowest BCUT2D eigenvalue weighted by molar-refractivity contribution is 0.0524. The molecule has 0 spiro atoms. The first-order valence-corrected chi connectivity index (χ1v) is 8.57. The Labute approximate surface area is 138 Å². The Morgan fingerprint density at radius 2 is 2.17 bits per heavy atom. The third-order valence-corrected chi connectivity index (χ3v) is 5.08. The van der Waals surface area contributed by atoms with Crippen LogP contribution in [0.5, 0.6) is 11.5 Å². The molecule has 128 valence electrons. The van der Waals surface area contributed by atoms with Gasteiger partial charge < -0.3 is 24.8 Å². The number of benzene rings is 1. The van der Waals surface area contributed by atoms with Gasteiger partial charge in [-0.3, -0.25) is 0 Å². The van der Waals surface area contributed by atoms with Crippen molar-refractivity contribution in [3.8, 4) is 11.5 Å². The van der Waals surface area contributed by atoms with Crippen LogP contribution in [-0.2, 0) is 11.3 Å². The molecule has 1 heterocycles. The summed E-state index contributed by atoms with van der Waals surface area (Å²) in [7, 11) is 3.41. The second kappa shape index (κ2) is 7.99. The monoisotopic (exact) mass is 320 g/mol. The number of morpholine rings is 1. The van der Waals surface area contributed by atoms with Gasteiger partial charge in [0.25, 0.3) is 0 Å². The van der Waals surface area contributed by atoms with Crippen molar-refractivity contribution in [3.05, 3.63) is 23.8 Å². The highest BCUT2D eigenvalue weighted by Crippen LogP contribution is 2.31. The van der Waals surface area contributed by atoms with Gasteiger partial charge in [0.2, 0.25) is 0 Å². The summed E-state index contributed by atoms with van der Waals surface area (Å²) in [5.74, 6) is 2.42. The summed E-state index contributed by atoms with van der Waals surface area (Å²) in [4.78, 5) is 0. The average molecular weight is 320 g/mol. The molecule has 3 rings (SSSR count). The lowest BCUT2D eigenvalue weighted by atomic mass is 9.94. The lowest BCUT2D eigenvalue weighted by Gasteiger charge is -2.33. The highest BCUT2D eigenvalue weighted by Gasteiger charge is 2.34. The molecule has 1 aliphatic heterocycles. The van der Waals surface area contributed by atoms with Crippen molar-refractivity contribution in [1.29, 1.82) is 0 Å². The van der Waals surface area contributed by atoms with Crippen molar-refractivity contribution >= 4 is 0 Å². The van der Waals surface area contributed by atoms with Crippen LogP contribution in [0, 0.1) is 5.92 Å². The van der Waals surface area contributed by atoms with E-state index >= 15 is 0 Å². The molecule has 1 saturated heterocycles. The minimum absolute atomic E-state index is 0.482. The van der Waals surface area contributed by atoms with Gasteiger partial charge in [-0.2, -0.15) is 0 Å². The van der Waals surface area contributed by atoms with Crippen molar-refractivity contribution < 1.29 is 14.2 Å². The van der Waals surface area contributed by atoms with Crippen LogP contribution in [0.4, 0.5) is 0 Å². The Balaban J connectivity index is 1.62. The van der Waals surface area contributed by atoms with E-state index in [-0.39, 0.29) is 0 Å². The largest absolute Gasteiger partial charge is 0.497 e. The van der Waals surface area contributed by atoms with Crippen molar-refractivity contribution in [2.45, 2.75) is 37.9 Å². The van der Waals surface area contributed by atoms with Gasteiger partial charge in [0.1, 0.15) is 11.5 Å². The molecule has 5 heteroatoms. The molecule has 0 aromatic heterocycles. The smallest absolute Gasteiger partial charge is 0.123 e. The minimum atomic E-state index is 0.482. The Kier molecular flexibility index (Phi) is 5.75. The SMILES string of the molecule is COc1ccc(OC)c(CNC2CCCC2C2COCCN2)c1. The third kappa shape index (κ3) is 3.97. The molecule has 0 amide bonds. The Hall–Kier alpha value is -1.30. The molecule has 1 aromatic carbocycles. The van der Waals surface area contributed by atoms with Gasteiger partial charge in [-0.25, -0.2) is 0 Å². The predicted molar refractivity (Wildman–Crippen MR) is 90.1 cm³/mol. The quantitative estimate of drug-likeness (QED) is 0.839. The topological polar surface area (TPSA) is 51.8 Å². The van der Waals surface area contributed by atoms with Gasteiger partial charge in [0, 0.05) is 30.7 Å². The fourth-order valence-electron chi connectivity index (χ4n) is 3.85. The van der Waals surface area contributed by atoms with Crippen molar-refractivity contribution in [2.75, 3.05) is 34.0 Å². The number of rotatable bonds is 6. The van der Waals surface area contributed by atoms with Crippen molar-refractivity contribution in [2.24, 2.45) is 5.92 Å². The number of methoxy groups -OCH3 is 2. The minimum Gasteiger partial charge on any atom is -0.497 e. The van der Waals surface area contributed by atoms with Gasteiger partial charge in [0.15, 0.2) is 0 Å². The molecule has 1 aliphatic carbocycles. The van der Waals surface area contributed by atoms with Crippen molar-refractivity contribution in [1.82, 2.24) is 10.6 Å². The predicted octanol–water partition coefficient (Wildman–Crippen LogP) is 1.95. The molecule has 5 nitrogen and oxygen atoms in total. The number of nitrogens with one attached hydrogen (secondary N) is 2. The van der Waals surface area contributed by atoms with E-state index in [1.807, 2.05) is 12.1 Å². The highest BCUT2D eigenvalue weighted by molar-refractivity contribution is 5.40. The molecule has 2 aliphatic rings. The molecule has 23 heavy (non-hydrogen) atoms. The van der Waals surface area contributed by atoms with Crippen LogP contribution in [0.3, 0.4) is 0 Å². The molecule has 3 atom stereocenters. The summed E-state index contributed by atoms with van der Waals surface area (Å²) >= 11 is 0. The van der Waals surface area contributed by atoms with E-state index in [9.17, 15) is 0 Å². The normalized spacial score (nSPS) is 27.8. The maximum atomic E-state index is 5.65. The summed E-state index contributed by atoms with van der Waals surface area (Å²) in [6, 6.07) is 6.97. The number of ether oxygens (including phenoxy) is 3. The van der Waals surface area contributed by atoms with Crippen LogP contribution < -0.4 is 20.1 Å². The fraction of sp³-hybridized carbons (Fsp3) is 0.667. The molecular formula is C18H28N2O3. The lowest BCUT2D eigenvalue weighted by Crippen LogP contribution is -2.50. The third-order valence-electron chi connectivity index (χ3n) is 5.08. The Bertz CT molecular complexity index is 503. The van der Waals surface area contributed by atoms with E-state index in [0.29, 0.717) is 18.0 Å². The first-order valence-electron chi connectivity index (χ1n) is 8.57. The van der Waals surface area contributed by atoms with E-state index in [4.69, 9.17) is 14.2 Å². The Morgan fingerprint density at radius 3 is 2.91 bits per heavy atom. The van der Waals surface area contributed by atoms with Crippen LogP contribution in [-0.4, -0.2) is 46.1 Å². The van der Waals surface area contributed by atoms with Gasteiger partial charge in [-0.15, -0.1) is 0 Å². The molecule has 2 fully saturated rings. The highest BCUT2D eigenvalue weighted by atomic mass is 16.5. The van der Waals surface area contributed by atoms with Crippen LogP contribution >= 0.6 is 0 Å². The molecular weight excluding hydrogens is 292 g/mol. The van der Waals surface area contributed by atoms with Crippen LogP contribution in [0.1, 0.15) is 24.8 Å². The second-order valence-corrected chi connectivity index (χ2v) is 6.40. The van der Waals surface area contributed by atoms with E-state index in [1.54, 1.807) is 14.2 Å². The van der Waals surface area contributed by atoms with E-state index < -0.39 is 0 Å². The zero-order chi connectivity index (χ0) is 16.1.